The molecule has 1 aliphatic rings. The number of benzene rings is 1. The highest BCUT2D eigenvalue weighted by atomic mass is 16.5. The molecule has 1 aliphatic heterocycles. The van der Waals surface area contributed by atoms with Crippen molar-refractivity contribution in [2.24, 2.45) is 14.1 Å². The second-order valence-corrected chi connectivity index (χ2v) is 6.92. The zero-order valence-electron chi connectivity index (χ0n) is 16.8. The van der Waals surface area contributed by atoms with Crippen LogP contribution in [0.25, 0.3) is 6.08 Å². The summed E-state index contributed by atoms with van der Waals surface area (Å²) in [5, 5.41) is 3.13. The van der Waals surface area contributed by atoms with E-state index >= 15 is 0 Å². The molecular formula is C21H26N4O4. The zero-order chi connectivity index (χ0) is 20.8. The second-order valence-electron chi connectivity index (χ2n) is 6.92. The predicted octanol–water partition coefficient (Wildman–Crippen LogP) is 0.724. The number of nitrogens with one attached hydrogen (secondary N) is 1. The van der Waals surface area contributed by atoms with E-state index in [0.29, 0.717) is 19.8 Å². The van der Waals surface area contributed by atoms with Crippen LogP contribution in [-0.2, 0) is 18.8 Å². The van der Waals surface area contributed by atoms with Crippen molar-refractivity contribution in [3.63, 3.8) is 0 Å². The molecule has 1 fully saturated rings. The van der Waals surface area contributed by atoms with E-state index in [1.165, 1.54) is 17.7 Å². The number of ketones is 1. The second kappa shape index (κ2) is 9.49. The van der Waals surface area contributed by atoms with Crippen molar-refractivity contribution in [2.45, 2.75) is 0 Å². The van der Waals surface area contributed by atoms with Gasteiger partial charge < -0.3 is 10.1 Å². The Balaban J connectivity index is 1.86. The number of ether oxygens (including phenoxy) is 1. The van der Waals surface area contributed by atoms with Crippen molar-refractivity contribution in [1.29, 1.82) is 0 Å². The number of anilines is 1. The van der Waals surface area contributed by atoms with Gasteiger partial charge in [0.15, 0.2) is 5.78 Å². The lowest BCUT2D eigenvalue weighted by molar-refractivity contribution is 0.0398. The van der Waals surface area contributed by atoms with Crippen molar-refractivity contribution >= 4 is 17.7 Å². The Bertz CT molecular complexity index is 1000. The molecular weight excluding hydrogens is 372 g/mol. The molecule has 0 saturated carbocycles. The number of morpholine rings is 1. The van der Waals surface area contributed by atoms with Crippen LogP contribution in [0.2, 0.25) is 0 Å². The molecule has 2 aromatic rings. The number of hydrogen-bond acceptors (Lipinski definition) is 6. The summed E-state index contributed by atoms with van der Waals surface area (Å²) in [4.78, 5) is 40.2. The van der Waals surface area contributed by atoms with E-state index in [0.717, 1.165) is 29.8 Å². The van der Waals surface area contributed by atoms with Gasteiger partial charge in [-0.25, -0.2) is 4.79 Å². The fourth-order valence-corrected chi connectivity index (χ4v) is 3.25. The molecule has 2 heterocycles. The smallest absolute Gasteiger partial charge is 0.332 e. The van der Waals surface area contributed by atoms with Gasteiger partial charge in [-0.15, -0.1) is 0 Å². The van der Waals surface area contributed by atoms with E-state index in [4.69, 9.17) is 4.74 Å². The summed E-state index contributed by atoms with van der Waals surface area (Å²) in [5.74, 6) is -0.201. The minimum Gasteiger partial charge on any atom is -0.379 e. The summed E-state index contributed by atoms with van der Waals surface area (Å²) in [6, 6.07) is 9.36. The quantitative estimate of drug-likeness (QED) is 0.547. The first-order chi connectivity index (χ1) is 14.0. The fourth-order valence-electron chi connectivity index (χ4n) is 3.25. The van der Waals surface area contributed by atoms with Crippen LogP contribution in [0.4, 0.5) is 5.82 Å². The Kier molecular flexibility index (Phi) is 6.79. The lowest BCUT2D eigenvalue weighted by atomic mass is 10.1. The first-order valence-electron chi connectivity index (χ1n) is 9.60. The molecule has 0 radical (unpaired) electrons. The van der Waals surface area contributed by atoms with Crippen LogP contribution in [0, 0.1) is 0 Å². The van der Waals surface area contributed by atoms with Gasteiger partial charge in [0.25, 0.3) is 5.56 Å². The number of hydrogen-bond donors (Lipinski definition) is 1. The van der Waals surface area contributed by atoms with Crippen molar-refractivity contribution in [3.8, 4) is 0 Å². The monoisotopic (exact) mass is 398 g/mol. The van der Waals surface area contributed by atoms with Crippen molar-refractivity contribution in [3.05, 3.63) is 68.4 Å². The van der Waals surface area contributed by atoms with E-state index in [1.807, 2.05) is 30.3 Å². The molecule has 0 bridgehead atoms. The summed E-state index contributed by atoms with van der Waals surface area (Å²) in [6.07, 6.45) is 3.02. The molecule has 3 rings (SSSR count). The molecule has 29 heavy (non-hydrogen) atoms. The number of carbonyl (C=O) groups excluding carboxylic acids is 1. The predicted molar refractivity (Wildman–Crippen MR) is 112 cm³/mol. The highest BCUT2D eigenvalue weighted by Gasteiger charge is 2.20. The third kappa shape index (κ3) is 4.90. The zero-order valence-corrected chi connectivity index (χ0v) is 16.8. The Morgan fingerprint density at radius 3 is 2.48 bits per heavy atom. The van der Waals surface area contributed by atoms with Gasteiger partial charge in [0.05, 0.1) is 13.2 Å². The molecule has 8 nitrogen and oxygen atoms in total. The van der Waals surface area contributed by atoms with Gasteiger partial charge in [-0.05, 0) is 11.6 Å². The normalized spacial score (nSPS) is 15.0. The molecule has 0 unspecified atom stereocenters. The van der Waals surface area contributed by atoms with Crippen molar-refractivity contribution in [2.75, 3.05) is 44.7 Å². The third-order valence-electron chi connectivity index (χ3n) is 4.96. The Morgan fingerprint density at radius 2 is 1.79 bits per heavy atom. The average Bonchev–Trinajstić information content (AvgIpc) is 2.75. The Labute approximate surface area is 169 Å². The molecule has 1 aromatic heterocycles. The molecule has 0 aliphatic carbocycles. The number of rotatable bonds is 7. The molecule has 1 aromatic carbocycles. The molecule has 0 spiro atoms. The largest absolute Gasteiger partial charge is 0.379 e. The van der Waals surface area contributed by atoms with Crippen LogP contribution >= 0.6 is 0 Å². The number of allylic oxidation sites excluding steroid dienone is 1. The average molecular weight is 398 g/mol. The van der Waals surface area contributed by atoms with Crippen molar-refractivity contribution < 1.29 is 9.53 Å². The SMILES string of the molecule is Cn1c(NCCN2CCOCC2)c(C(=O)/C=C\c2ccccc2)c(=O)n(C)c1=O. The molecule has 1 N–H and O–H groups in total. The minimum atomic E-state index is -0.607. The molecule has 8 heteroatoms. The highest BCUT2D eigenvalue weighted by molar-refractivity contribution is 6.09. The van der Waals surface area contributed by atoms with Crippen LogP contribution in [0.1, 0.15) is 15.9 Å². The summed E-state index contributed by atoms with van der Waals surface area (Å²) in [5.41, 5.74) is -0.273. The van der Waals surface area contributed by atoms with E-state index in [9.17, 15) is 14.4 Å². The van der Waals surface area contributed by atoms with E-state index in [1.54, 1.807) is 13.1 Å². The number of nitrogens with zero attached hydrogens (tertiary/aromatic N) is 3. The van der Waals surface area contributed by atoms with E-state index in [-0.39, 0.29) is 11.4 Å². The van der Waals surface area contributed by atoms with Crippen LogP contribution in [-0.4, -0.2) is 59.2 Å². The molecule has 0 atom stereocenters. The maximum absolute atomic E-state index is 12.9. The van der Waals surface area contributed by atoms with Gasteiger partial charge in [0, 0.05) is 40.3 Å². The van der Waals surface area contributed by atoms with Gasteiger partial charge in [0.2, 0.25) is 0 Å². The van der Waals surface area contributed by atoms with E-state index < -0.39 is 17.0 Å². The van der Waals surface area contributed by atoms with Gasteiger partial charge in [0.1, 0.15) is 11.4 Å². The summed E-state index contributed by atoms with van der Waals surface area (Å²) < 4.78 is 7.60. The Morgan fingerprint density at radius 1 is 1.10 bits per heavy atom. The third-order valence-corrected chi connectivity index (χ3v) is 4.96. The first-order valence-corrected chi connectivity index (χ1v) is 9.60. The van der Waals surface area contributed by atoms with Gasteiger partial charge in [-0.1, -0.05) is 36.4 Å². The first kappa shape index (κ1) is 20.8. The number of carbonyl (C=O) groups is 1. The maximum atomic E-state index is 12.9. The van der Waals surface area contributed by atoms with E-state index in [2.05, 4.69) is 10.2 Å². The molecule has 0 amide bonds. The molecule has 1 saturated heterocycles. The lowest BCUT2D eigenvalue weighted by Crippen LogP contribution is -2.43. The van der Waals surface area contributed by atoms with Crippen LogP contribution in [0.15, 0.2) is 46.0 Å². The topological polar surface area (TPSA) is 85.6 Å². The number of aromatic nitrogens is 2. The van der Waals surface area contributed by atoms with Gasteiger partial charge in [-0.2, -0.15) is 0 Å². The highest BCUT2D eigenvalue weighted by Crippen LogP contribution is 2.11. The maximum Gasteiger partial charge on any atom is 0.332 e. The summed E-state index contributed by atoms with van der Waals surface area (Å²) >= 11 is 0. The minimum absolute atomic E-state index is 0.0382. The fraction of sp³-hybridized carbons (Fsp3) is 0.381. The lowest BCUT2D eigenvalue weighted by Gasteiger charge is -2.27. The summed E-state index contributed by atoms with van der Waals surface area (Å²) in [7, 11) is 2.93. The van der Waals surface area contributed by atoms with Gasteiger partial charge in [-0.3, -0.25) is 23.6 Å². The standard InChI is InChI=1S/C21H26N4O4/c1-23-19(22-10-11-25-12-14-29-15-13-25)18(20(27)24(2)21(23)28)17(26)9-8-16-6-4-3-5-7-16/h3-9,22H,10-15H2,1-2H3/b9-8-. The van der Waals surface area contributed by atoms with Crippen molar-refractivity contribution in [1.82, 2.24) is 14.0 Å². The van der Waals surface area contributed by atoms with Crippen LogP contribution in [0.5, 0.6) is 0 Å². The van der Waals surface area contributed by atoms with Gasteiger partial charge >= 0.3 is 5.69 Å². The Hall–Kier alpha value is -2.97. The van der Waals surface area contributed by atoms with Crippen LogP contribution < -0.4 is 16.6 Å². The molecule has 154 valence electrons. The summed E-state index contributed by atoms with van der Waals surface area (Å²) in [6.45, 7) is 4.28. The van der Waals surface area contributed by atoms with Crippen LogP contribution in [0.3, 0.4) is 0 Å².